The summed E-state index contributed by atoms with van der Waals surface area (Å²) >= 11 is 0. The van der Waals surface area contributed by atoms with Crippen molar-refractivity contribution in [3.8, 4) is 17.2 Å². The second-order valence-electron chi connectivity index (χ2n) is 7.67. The van der Waals surface area contributed by atoms with E-state index in [9.17, 15) is 0 Å². The molecule has 0 bridgehead atoms. The Morgan fingerprint density at radius 3 is 2.09 bits per heavy atom. The molecule has 0 fully saturated rings. The summed E-state index contributed by atoms with van der Waals surface area (Å²) in [4.78, 5) is 0. The molecule has 32 heavy (non-hydrogen) atoms. The third kappa shape index (κ3) is 4.27. The molecule has 4 nitrogen and oxygen atoms in total. The Kier molecular flexibility index (Phi) is 6.62. The smallest absolute Gasteiger partial charge is 0.203 e. The summed E-state index contributed by atoms with van der Waals surface area (Å²) in [5.41, 5.74) is 4.29. The maximum absolute atomic E-state index is 6.59. The monoisotopic (exact) mass is 428 g/mol. The highest BCUT2D eigenvalue weighted by molar-refractivity contribution is 5.86. The zero-order valence-electron chi connectivity index (χ0n) is 18.9. The molecule has 4 aromatic carbocycles. The van der Waals surface area contributed by atoms with E-state index in [2.05, 4.69) is 67.6 Å². The summed E-state index contributed by atoms with van der Waals surface area (Å²) in [7, 11) is 4.87. The normalized spacial score (nSPS) is 11.9. The van der Waals surface area contributed by atoms with Crippen molar-refractivity contribution in [1.82, 2.24) is 0 Å². The van der Waals surface area contributed by atoms with Gasteiger partial charge in [-0.25, -0.2) is 0 Å². The van der Waals surface area contributed by atoms with Crippen molar-refractivity contribution < 1.29 is 18.9 Å². The number of methoxy groups -OCH3 is 3. The van der Waals surface area contributed by atoms with Crippen LogP contribution in [-0.4, -0.2) is 21.3 Å². The highest BCUT2D eigenvalue weighted by Gasteiger charge is 2.25. The quantitative estimate of drug-likeness (QED) is 0.322. The Morgan fingerprint density at radius 2 is 1.38 bits per heavy atom. The third-order valence-electron chi connectivity index (χ3n) is 5.66. The van der Waals surface area contributed by atoms with E-state index in [-0.39, 0.29) is 6.10 Å². The number of hydrogen-bond donors (Lipinski definition) is 0. The highest BCUT2D eigenvalue weighted by Crippen LogP contribution is 2.45. The van der Waals surface area contributed by atoms with Gasteiger partial charge in [-0.3, -0.25) is 0 Å². The summed E-state index contributed by atoms with van der Waals surface area (Å²) in [5, 5.41) is 2.30. The lowest BCUT2D eigenvalue weighted by atomic mass is 9.94. The molecular formula is C28H28O4. The van der Waals surface area contributed by atoms with Gasteiger partial charge in [0.25, 0.3) is 0 Å². The maximum Gasteiger partial charge on any atom is 0.203 e. The minimum Gasteiger partial charge on any atom is -0.493 e. The number of benzene rings is 4. The van der Waals surface area contributed by atoms with E-state index in [0.717, 1.165) is 27.5 Å². The molecule has 4 rings (SSSR count). The van der Waals surface area contributed by atoms with Crippen LogP contribution in [0.5, 0.6) is 17.2 Å². The average Bonchev–Trinajstić information content (AvgIpc) is 2.84. The molecule has 0 amide bonds. The van der Waals surface area contributed by atoms with E-state index in [4.69, 9.17) is 18.9 Å². The van der Waals surface area contributed by atoms with Crippen molar-refractivity contribution >= 4 is 10.8 Å². The number of fused-ring (bicyclic) bond motifs is 1. The lowest BCUT2D eigenvalue weighted by molar-refractivity contribution is 0.0656. The topological polar surface area (TPSA) is 36.9 Å². The van der Waals surface area contributed by atoms with Crippen LogP contribution >= 0.6 is 0 Å². The van der Waals surface area contributed by atoms with Gasteiger partial charge in [0.1, 0.15) is 6.10 Å². The second kappa shape index (κ2) is 9.75. The molecule has 1 unspecified atom stereocenters. The standard InChI is InChI=1S/C28H28O4/c1-19-12-14-20(15-13-19)18-32-26(23-11-7-9-21-8-5-6-10-22(21)23)24-16-17-25(29-2)28(31-4)27(24)30-3/h5-17,26H,18H2,1-4H3. The van der Waals surface area contributed by atoms with Gasteiger partial charge in [-0.05, 0) is 41.0 Å². The van der Waals surface area contributed by atoms with Gasteiger partial charge in [0.15, 0.2) is 11.5 Å². The molecule has 0 spiro atoms. The van der Waals surface area contributed by atoms with Crippen LogP contribution in [0.3, 0.4) is 0 Å². The molecule has 0 saturated heterocycles. The van der Waals surface area contributed by atoms with Gasteiger partial charge in [-0.2, -0.15) is 0 Å². The molecular weight excluding hydrogens is 400 g/mol. The minimum atomic E-state index is -0.364. The Bertz CT molecular complexity index is 1190. The van der Waals surface area contributed by atoms with Crippen molar-refractivity contribution in [2.24, 2.45) is 0 Å². The van der Waals surface area contributed by atoms with Crippen LogP contribution in [0.1, 0.15) is 28.4 Å². The first-order valence-corrected chi connectivity index (χ1v) is 10.6. The van der Waals surface area contributed by atoms with Gasteiger partial charge < -0.3 is 18.9 Å². The molecule has 4 heteroatoms. The first-order chi connectivity index (χ1) is 15.7. The lowest BCUT2D eigenvalue weighted by Crippen LogP contribution is -2.10. The van der Waals surface area contributed by atoms with E-state index >= 15 is 0 Å². The molecule has 0 aliphatic carbocycles. The summed E-state index contributed by atoms with van der Waals surface area (Å²) in [6, 6.07) is 26.9. The zero-order chi connectivity index (χ0) is 22.5. The van der Waals surface area contributed by atoms with Gasteiger partial charge in [-0.1, -0.05) is 72.3 Å². The van der Waals surface area contributed by atoms with Crippen LogP contribution in [0.15, 0.2) is 78.9 Å². The fourth-order valence-electron chi connectivity index (χ4n) is 4.02. The average molecular weight is 429 g/mol. The fraction of sp³-hybridized carbons (Fsp3) is 0.214. The van der Waals surface area contributed by atoms with Crippen molar-refractivity contribution in [3.63, 3.8) is 0 Å². The van der Waals surface area contributed by atoms with Crippen molar-refractivity contribution in [2.45, 2.75) is 19.6 Å². The predicted octanol–water partition coefficient (Wildman–Crippen LogP) is 6.48. The fourth-order valence-corrected chi connectivity index (χ4v) is 4.02. The maximum atomic E-state index is 6.59. The van der Waals surface area contributed by atoms with E-state index < -0.39 is 0 Å². The highest BCUT2D eigenvalue weighted by atomic mass is 16.5. The van der Waals surface area contributed by atoms with Crippen LogP contribution in [0.25, 0.3) is 10.8 Å². The number of rotatable bonds is 8. The Balaban J connectivity index is 1.85. The van der Waals surface area contributed by atoms with Crippen LogP contribution in [-0.2, 0) is 11.3 Å². The SMILES string of the molecule is COc1ccc(C(OCc2ccc(C)cc2)c2cccc3ccccc23)c(OC)c1OC. The molecule has 0 aliphatic rings. The first kappa shape index (κ1) is 21.7. The van der Waals surface area contributed by atoms with Crippen LogP contribution in [0, 0.1) is 6.92 Å². The van der Waals surface area contributed by atoms with E-state index in [1.165, 1.54) is 5.56 Å². The minimum absolute atomic E-state index is 0.364. The lowest BCUT2D eigenvalue weighted by Gasteiger charge is -2.24. The summed E-state index contributed by atoms with van der Waals surface area (Å²) in [6.45, 7) is 2.55. The van der Waals surface area contributed by atoms with Gasteiger partial charge in [-0.15, -0.1) is 0 Å². The molecule has 0 aromatic heterocycles. The van der Waals surface area contributed by atoms with Crippen molar-refractivity contribution in [2.75, 3.05) is 21.3 Å². The van der Waals surface area contributed by atoms with Crippen LogP contribution in [0.2, 0.25) is 0 Å². The summed E-state index contributed by atoms with van der Waals surface area (Å²) < 4.78 is 23.5. The number of hydrogen-bond acceptors (Lipinski definition) is 4. The van der Waals surface area contributed by atoms with Gasteiger partial charge in [0, 0.05) is 5.56 Å². The van der Waals surface area contributed by atoms with Gasteiger partial charge in [0.05, 0.1) is 27.9 Å². The largest absolute Gasteiger partial charge is 0.493 e. The van der Waals surface area contributed by atoms with Gasteiger partial charge >= 0.3 is 0 Å². The first-order valence-electron chi connectivity index (χ1n) is 10.6. The molecule has 0 N–H and O–H groups in total. The zero-order valence-corrected chi connectivity index (χ0v) is 18.9. The summed E-state index contributed by atoms with van der Waals surface area (Å²) in [6.07, 6.45) is -0.364. The van der Waals surface area contributed by atoms with E-state index in [1.807, 2.05) is 18.2 Å². The number of aryl methyl sites for hydroxylation is 1. The Hall–Kier alpha value is -3.50. The molecule has 0 aliphatic heterocycles. The molecule has 164 valence electrons. The van der Waals surface area contributed by atoms with Crippen LogP contribution in [0.4, 0.5) is 0 Å². The summed E-state index contributed by atoms with van der Waals surface area (Å²) in [5.74, 6) is 1.77. The molecule has 0 heterocycles. The van der Waals surface area contributed by atoms with Gasteiger partial charge in [0.2, 0.25) is 5.75 Å². The molecule has 0 saturated carbocycles. The van der Waals surface area contributed by atoms with E-state index in [1.54, 1.807) is 21.3 Å². The Labute approximate surface area is 189 Å². The second-order valence-corrected chi connectivity index (χ2v) is 7.67. The van der Waals surface area contributed by atoms with Crippen molar-refractivity contribution in [3.05, 3.63) is 101 Å². The van der Waals surface area contributed by atoms with Crippen molar-refractivity contribution in [1.29, 1.82) is 0 Å². The molecule has 1 atom stereocenters. The molecule has 4 aromatic rings. The van der Waals surface area contributed by atoms with Crippen LogP contribution < -0.4 is 14.2 Å². The third-order valence-corrected chi connectivity index (χ3v) is 5.66. The number of ether oxygens (including phenoxy) is 4. The van der Waals surface area contributed by atoms with E-state index in [0.29, 0.717) is 23.9 Å². The Morgan fingerprint density at radius 1 is 0.656 bits per heavy atom. The molecule has 0 radical (unpaired) electrons. The predicted molar refractivity (Wildman–Crippen MR) is 128 cm³/mol.